The topological polar surface area (TPSA) is 133 Å². The summed E-state index contributed by atoms with van der Waals surface area (Å²) in [6.07, 6.45) is 0. The Balaban J connectivity index is 0.000000386. The number of carbonyl (C=O) groups excluding carboxylic acids is 3. The van der Waals surface area contributed by atoms with Crippen LogP contribution in [0.2, 0.25) is 0 Å². The third-order valence-corrected chi connectivity index (χ3v) is 9.00. The van der Waals surface area contributed by atoms with E-state index in [1.54, 1.807) is 48.5 Å². The van der Waals surface area contributed by atoms with Crippen molar-refractivity contribution in [2.45, 2.75) is 36.8 Å². The molecule has 0 aliphatic rings. The fourth-order valence-corrected chi connectivity index (χ4v) is 5.76. The van der Waals surface area contributed by atoms with Gasteiger partial charge in [-0.2, -0.15) is 8.42 Å². The first-order valence-electron chi connectivity index (χ1n) is 12.9. The van der Waals surface area contributed by atoms with Gasteiger partial charge in [-0.05, 0) is 19.1 Å². The van der Waals surface area contributed by atoms with Crippen LogP contribution < -0.4 is 14.2 Å². The average Bonchev–Trinajstić information content (AvgIpc) is 2.93. The number of aryl methyl sites for hydroxylation is 1. The van der Waals surface area contributed by atoms with Crippen LogP contribution in [0.15, 0.2) is 102 Å². The molecule has 0 saturated heterocycles. The molecule has 4 aromatic rings. The molecular weight excluding hydrogens is 635 g/mol. The number of hydrogen-bond acceptors (Lipinski definition) is 8. The molecule has 0 radical (unpaired) electrons. The van der Waals surface area contributed by atoms with E-state index in [1.807, 2.05) is 43.3 Å². The third-order valence-electron chi connectivity index (χ3n) is 6.03. The molecule has 0 fully saturated rings. The molecule has 9 nitrogen and oxygen atoms in total. The molecule has 1 N–H and O–H groups in total. The van der Waals surface area contributed by atoms with Crippen molar-refractivity contribution in [1.29, 1.82) is 0 Å². The van der Waals surface area contributed by atoms with Crippen LogP contribution in [0.5, 0.6) is 17.2 Å². The molecule has 0 heterocycles. The summed E-state index contributed by atoms with van der Waals surface area (Å²) in [5.74, 6) is 0.245. The molecule has 0 aliphatic carbocycles. The molecule has 1 unspecified atom stereocenters. The summed E-state index contributed by atoms with van der Waals surface area (Å²) in [7, 11) is -4.02. The fourth-order valence-electron chi connectivity index (χ4n) is 4.07. The summed E-state index contributed by atoms with van der Waals surface area (Å²) in [6, 6.07) is 28.0. The summed E-state index contributed by atoms with van der Waals surface area (Å²) in [4.78, 5) is 33.7. The number of ether oxygens (including phenoxy) is 3. The Morgan fingerprint density at radius 3 is 1.09 bits per heavy atom. The van der Waals surface area contributed by atoms with Crippen LogP contribution in [-0.2, 0) is 28.7 Å². The van der Waals surface area contributed by atoms with Crippen molar-refractivity contribution in [1.82, 2.24) is 0 Å². The maximum absolute atomic E-state index is 11.3. The zero-order valence-corrected chi connectivity index (χ0v) is 27.2. The van der Waals surface area contributed by atoms with E-state index in [9.17, 15) is 22.8 Å². The summed E-state index contributed by atoms with van der Waals surface area (Å²) >= 11 is 1.45. The van der Waals surface area contributed by atoms with E-state index in [4.69, 9.17) is 18.8 Å². The molecule has 0 amide bonds. The second-order valence-electron chi connectivity index (χ2n) is 9.45. The minimum absolute atomic E-state index is 0.0666. The normalized spacial score (nSPS) is 11.0. The van der Waals surface area contributed by atoms with Crippen molar-refractivity contribution < 1.29 is 41.6 Å². The molecule has 0 aromatic heterocycles. The van der Waals surface area contributed by atoms with E-state index >= 15 is 0 Å². The predicted molar refractivity (Wildman–Crippen MR) is 163 cm³/mol. The van der Waals surface area contributed by atoms with Crippen LogP contribution in [0.25, 0.3) is 0 Å². The minimum Gasteiger partial charge on any atom is -0.282 e. The number of rotatable bonds is 7. The fraction of sp³-hybridized carbons (Fsp3) is 0.156. The molecule has 4 aromatic carbocycles. The first-order chi connectivity index (χ1) is 20.2. The zero-order chi connectivity index (χ0) is 31.8. The molecule has 11 heteroatoms. The Bertz CT molecular complexity index is 1540. The summed E-state index contributed by atoms with van der Waals surface area (Å²) in [5.41, 5.74) is 3.90. The van der Waals surface area contributed by atoms with Crippen molar-refractivity contribution in [3.63, 3.8) is 0 Å². The number of carbonyl (C=O) groups is 3. The van der Waals surface area contributed by atoms with E-state index in [-0.39, 0.29) is 22.8 Å². The Labute approximate surface area is 259 Å². The van der Waals surface area contributed by atoms with E-state index in [0.717, 1.165) is 22.3 Å². The van der Waals surface area contributed by atoms with Gasteiger partial charge in [0.2, 0.25) is 0 Å². The quantitative estimate of drug-likeness (QED) is 0.0986. The van der Waals surface area contributed by atoms with Crippen molar-refractivity contribution in [3.05, 3.63) is 119 Å². The second kappa shape index (κ2) is 14.3. The molecule has 1 atom stereocenters. The Morgan fingerprint density at radius 2 is 0.860 bits per heavy atom. The van der Waals surface area contributed by atoms with Crippen LogP contribution in [0, 0.1) is 6.92 Å². The van der Waals surface area contributed by atoms with E-state index in [1.165, 1.54) is 49.8 Å². The molecular formula is C32H31AsO9S. The van der Waals surface area contributed by atoms with E-state index < -0.39 is 14.3 Å². The minimum atomic E-state index is -4.02. The van der Waals surface area contributed by atoms with Gasteiger partial charge in [0.25, 0.3) is 10.1 Å². The van der Waals surface area contributed by atoms with Crippen molar-refractivity contribution in [2.75, 3.05) is 0 Å². The maximum atomic E-state index is 11.3. The SMILES string of the molecule is CC(=O)Oc1ccc(C([AsH2])(c2ccc(OC(C)=O)cc2)c2ccc(OC(C)=O)cc2)cc1.Cc1ccc(S(=O)(=O)O)cc1. The summed E-state index contributed by atoms with van der Waals surface area (Å²) < 4.78 is 44.5. The number of benzene rings is 4. The molecule has 0 saturated carbocycles. The molecule has 224 valence electrons. The first kappa shape index (κ1) is 33.3. The van der Waals surface area contributed by atoms with Crippen molar-refractivity contribution in [3.8, 4) is 17.2 Å². The van der Waals surface area contributed by atoms with Gasteiger partial charge in [-0.3, -0.25) is 4.55 Å². The third kappa shape index (κ3) is 9.38. The van der Waals surface area contributed by atoms with Gasteiger partial charge in [0.15, 0.2) is 0 Å². The molecule has 4 rings (SSSR count). The van der Waals surface area contributed by atoms with Gasteiger partial charge in [-0.1, -0.05) is 17.7 Å². The standard InChI is InChI=1S/C25H23AsO6.C7H8O3S/c1-16(27)30-22-10-4-19(5-11-22)25(26,20-6-12-23(13-7-20)31-17(2)28)21-8-14-24(15-9-21)32-18(3)29;1-6-2-4-7(5-3-6)11(8,9)10/h4-15H,26H2,1-3H3;2-5H,1H3,(H,8,9,10). The van der Waals surface area contributed by atoms with Gasteiger partial charge in [0.1, 0.15) is 0 Å². The van der Waals surface area contributed by atoms with Crippen molar-refractivity contribution >= 4 is 44.9 Å². The van der Waals surface area contributed by atoms with Gasteiger partial charge in [-0.15, -0.1) is 0 Å². The van der Waals surface area contributed by atoms with Gasteiger partial charge < -0.3 is 0 Å². The largest absolute Gasteiger partial charge is 0.294 e. The Hall–Kier alpha value is -4.24. The monoisotopic (exact) mass is 666 g/mol. The predicted octanol–water partition coefficient (Wildman–Crippen LogP) is 4.63. The Kier molecular flexibility index (Phi) is 11.1. The summed E-state index contributed by atoms with van der Waals surface area (Å²) in [6.45, 7) is 5.91. The molecule has 43 heavy (non-hydrogen) atoms. The van der Waals surface area contributed by atoms with Gasteiger partial charge in [0.05, 0.1) is 4.90 Å². The van der Waals surface area contributed by atoms with E-state index in [2.05, 4.69) is 0 Å². The molecule has 0 bridgehead atoms. The zero-order valence-electron chi connectivity index (χ0n) is 23.9. The van der Waals surface area contributed by atoms with Gasteiger partial charge >= 0.3 is 195 Å². The van der Waals surface area contributed by atoms with Crippen LogP contribution >= 0.6 is 0 Å². The second-order valence-corrected chi connectivity index (χ2v) is 12.7. The molecule has 0 spiro atoms. The van der Waals surface area contributed by atoms with Crippen LogP contribution in [0.3, 0.4) is 0 Å². The average molecular weight is 667 g/mol. The Morgan fingerprint density at radius 1 is 0.581 bits per heavy atom. The van der Waals surface area contributed by atoms with Crippen LogP contribution in [0.4, 0.5) is 0 Å². The first-order valence-corrected chi connectivity index (χ1v) is 15.5. The summed E-state index contributed by atoms with van der Waals surface area (Å²) in [5, 5.41) is 0. The number of esters is 3. The van der Waals surface area contributed by atoms with E-state index in [0.29, 0.717) is 17.2 Å². The van der Waals surface area contributed by atoms with Crippen LogP contribution in [0.1, 0.15) is 43.0 Å². The van der Waals surface area contributed by atoms with Crippen LogP contribution in [-0.4, -0.2) is 47.7 Å². The maximum Gasteiger partial charge on any atom is 0.294 e. The smallest absolute Gasteiger partial charge is 0.282 e. The molecule has 0 aliphatic heterocycles. The van der Waals surface area contributed by atoms with Gasteiger partial charge in [-0.25, -0.2) is 0 Å². The van der Waals surface area contributed by atoms with Gasteiger partial charge in [0, 0.05) is 0 Å². The number of hydrogen-bond donors (Lipinski definition) is 1. The van der Waals surface area contributed by atoms with Crippen molar-refractivity contribution in [2.24, 2.45) is 0 Å².